The summed E-state index contributed by atoms with van der Waals surface area (Å²) in [4.78, 5) is 11.9. The molecule has 0 bridgehead atoms. The second kappa shape index (κ2) is 5.80. The van der Waals surface area contributed by atoms with Crippen molar-refractivity contribution in [2.24, 2.45) is 0 Å². The fraction of sp³-hybridized carbons (Fsp3) is 0.0833. The molecular formula is C12H9Br2NOS. The summed E-state index contributed by atoms with van der Waals surface area (Å²) in [7, 11) is 0. The Balaban J connectivity index is 2.12. The van der Waals surface area contributed by atoms with Crippen LogP contribution in [-0.2, 0) is 5.33 Å². The molecule has 1 amide bonds. The van der Waals surface area contributed by atoms with Crippen LogP contribution in [0.4, 0.5) is 5.69 Å². The Bertz CT molecular complexity index is 539. The standard InChI is InChI=1S/C12H9Br2NOS/c13-6-8-2-1-3-10(4-8)15-12(16)9-5-11(14)17-7-9/h1-5,7H,6H2,(H,15,16). The first-order chi connectivity index (χ1) is 8.19. The van der Waals surface area contributed by atoms with E-state index in [0.29, 0.717) is 5.56 Å². The Labute approximate surface area is 120 Å². The second-order valence-corrected chi connectivity index (χ2v) is 6.28. The highest BCUT2D eigenvalue weighted by Crippen LogP contribution is 2.22. The molecule has 1 aromatic carbocycles. The van der Waals surface area contributed by atoms with Gasteiger partial charge in [0.1, 0.15) is 0 Å². The molecule has 0 atom stereocenters. The van der Waals surface area contributed by atoms with Crippen LogP contribution in [0.5, 0.6) is 0 Å². The summed E-state index contributed by atoms with van der Waals surface area (Å²) in [6, 6.07) is 9.58. The number of thiophene rings is 1. The molecule has 1 N–H and O–H groups in total. The summed E-state index contributed by atoms with van der Waals surface area (Å²) >= 11 is 8.23. The van der Waals surface area contributed by atoms with Crippen LogP contribution in [0.15, 0.2) is 39.5 Å². The zero-order valence-electron chi connectivity index (χ0n) is 8.74. The lowest BCUT2D eigenvalue weighted by molar-refractivity contribution is 0.102. The van der Waals surface area contributed by atoms with Gasteiger partial charge in [0.25, 0.3) is 5.91 Å². The number of anilines is 1. The molecule has 0 saturated carbocycles. The van der Waals surface area contributed by atoms with Crippen LogP contribution in [-0.4, -0.2) is 5.91 Å². The molecule has 0 radical (unpaired) electrons. The predicted octanol–water partition coefficient (Wildman–Crippen LogP) is 4.66. The SMILES string of the molecule is O=C(Nc1cccc(CBr)c1)c1csc(Br)c1. The molecule has 2 rings (SSSR count). The van der Waals surface area contributed by atoms with Crippen LogP contribution in [0.2, 0.25) is 0 Å². The van der Waals surface area contributed by atoms with E-state index in [-0.39, 0.29) is 5.91 Å². The van der Waals surface area contributed by atoms with E-state index in [0.717, 1.165) is 20.4 Å². The minimum atomic E-state index is -0.0846. The summed E-state index contributed by atoms with van der Waals surface area (Å²) in [6.07, 6.45) is 0. The highest BCUT2D eigenvalue weighted by Gasteiger charge is 2.08. The van der Waals surface area contributed by atoms with Crippen molar-refractivity contribution in [1.82, 2.24) is 0 Å². The lowest BCUT2D eigenvalue weighted by Gasteiger charge is -2.05. The number of nitrogens with one attached hydrogen (secondary N) is 1. The first-order valence-electron chi connectivity index (χ1n) is 4.89. The molecule has 0 fully saturated rings. The molecule has 2 aromatic rings. The average Bonchev–Trinajstić information content (AvgIpc) is 2.76. The van der Waals surface area contributed by atoms with Gasteiger partial charge in [-0.3, -0.25) is 4.79 Å². The van der Waals surface area contributed by atoms with Crippen molar-refractivity contribution in [3.63, 3.8) is 0 Å². The van der Waals surface area contributed by atoms with Crippen LogP contribution >= 0.6 is 43.2 Å². The van der Waals surface area contributed by atoms with Gasteiger partial charge in [0.05, 0.1) is 9.35 Å². The van der Waals surface area contributed by atoms with Gasteiger partial charge in [-0.15, -0.1) is 11.3 Å². The van der Waals surface area contributed by atoms with Gasteiger partial charge in [0, 0.05) is 16.4 Å². The van der Waals surface area contributed by atoms with Crippen molar-refractivity contribution in [3.05, 3.63) is 50.6 Å². The van der Waals surface area contributed by atoms with Crippen LogP contribution in [0, 0.1) is 0 Å². The molecule has 5 heteroatoms. The van der Waals surface area contributed by atoms with Gasteiger partial charge in [-0.2, -0.15) is 0 Å². The quantitative estimate of drug-likeness (QED) is 0.778. The van der Waals surface area contributed by atoms with Crippen molar-refractivity contribution in [1.29, 1.82) is 0 Å². The molecule has 17 heavy (non-hydrogen) atoms. The fourth-order valence-corrected chi connectivity index (χ4v) is 2.85. The van der Waals surface area contributed by atoms with Gasteiger partial charge < -0.3 is 5.32 Å². The van der Waals surface area contributed by atoms with E-state index in [9.17, 15) is 4.79 Å². The maximum absolute atomic E-state index is 11.9. The number of amides is 1. The van der Waals surface area contributed by atoms with Crippen LogP contribution in [0.3, 0.4) is 0 Å². The van der Waals surface area contributed by atoms with E-state index in [1.807, 2.05) is 35.7 Å². The first kappa shape index (κ1) is 12.8. The number of alkyl halides is 1. The van der Waals surface area contributed by atoms with E-state index >= 15 is 0 Å². The number of hydrogen-bond donors (Lipinski definition) is 1. The average molecular weight is 375 g/mol. The molecule has 0 saturated heterocycles. The van der Waals surface area contributed by atoms with E-state index < -0.39 is 0 Å². The summed E-state index contributed by atoms with van der Waals surface area (Å²) in [6.45, 7) is 0. The lowest BCUT2D eigenvalue weighted by Crippen LogP contribution is -2.10. The normalized spacial score (nSPS) is 10.2. The first-order valence-corrected chi connectivity index (χ1v) is 7.69. The maximum Gasteiger partial charge on any atom is 0.256 e. The third-order valence-electron chi connectivity index (χ3n) is 2.17. The minimum absolute atomic E-state index is 0.0846. The summed E-state index contributed by atoms with van der Waals surface area (Å²) in [5, 5.41) is 5.48. The zero-order valence-corrected chi connectivity index (χ0v) is 12.7. The topological polar surface area (TPSA) is 29.1 Å². The zero-order chi connectivity index (χ0) is 12.3. The Morgan fingerprint density at radius 3 is 2.82 bits per heavy atom. The van der Waals surface area contributed by atoms with Gasteiger partial charge >= 0.3 is 0 Å². The molecule has 1 heterocycles. The van der Waals surface area contributed by atoms with Gasteiger partial charge in [-0.05, 0) is 39.7 Å². The van der Waals surface area contributed by atoms with Crippen molar-refractivity contribution < 1.29 is 4.79 Å². The number of halogens is 2. The third kappa shape index (κ3) is 3.40. The highest BCUT2D eigenvalue weighted by molar-refractivity contribution is 9.11. The van der Waals surface area contributed by atoms with Crippen LogP contribution < -0.4 is 5.32 Å². The minimum Gasteiger partial charge on any atom is -0.322 e. The molecular weight excluding hydrogens is 366 g/mol. The molecule has 0 unspecified atom stereocenters. The molecule has 1 aromatic heterocycles. The van der Waals surface area contributed by atoms with Gasteiger partial charge in [0.2, 0.25) is 0 Å². The van der Waals surface area contributed by atoms with Crippen LogP contribution in [0.25, 0.3) is 0 Å². The van der Waals surface area contributed by atoms with Crippen molar-refractivity contribution >= 4 is 54.8 Å². The van der Waals surface area contributed by atoms with Gasteiger partial charge in [0.15, 0.2) is 0 Å². The number of carbonyl (C=O) groups excluding carboxylic acids is 1. The Kier molecular flexibility index (Phi) is 4.36. The largest absolute Gasteiger partial charge is 0.322 e. The van der Waals surface area contributed by atoms with Crippen LogP contribution in [0.1, 0.15) is 15.9 Å². The van der Waals surface area contributed by atoms with Crippen molar-refractivity contribution in [3.8, 4) is 0 Å². The van der Waals surface area contributed by atoms with Gasteiger partial charge in [-0.1, -0.05) is 28.1 Å². The molecule has 0 aliphatic heterocycles. The summed E-state index contributed by atoms with van der Waals surface area (Å²) < 4.78 is 0.955. The van der Waals surface area contributed by atoms with Crippen molar-refractivity contribution in [2.75, 3.05) is 5.32 Å². The third-order valence-corrected chi connectivity index (χ3v) is 4.32. The van der Waals surface area contributed by atoms with Crippen molar-refractivity contribution in [2.45, 2.75) is 5.33 Å². The number of rotatable bonds is 3. The molecule has 2 nitrogen and oxygen atoms in total. The molecule has 0 aliphatic carbocycles. The number of benzene rings is 1. The van der Waals surface area contributed by atoms with E-state index in [4.69, 9.17) is 0 Å². The molecule has 0 spiro atoms. The summed E-state index contributed by atoms with van der Waals surface area (Å²) in [5.41, 5.74) is 2.62. The maximum atomic E-state index is 11.9. The van der Waals surface area contributed by atoms with Gasteiger partial charge in [-0.25, -0.2) is 0 Å². The number of carbonyl (C=O) groups is 1. The highest BCUT2D eigenvalue weighted by atomic mass is 79.9. The lowest BCUT2D eigenvalue weighted by atomic mass is 10.2. The van der Waals surface area contributed by atoms with E-state index in [2.05, 4.69) is 37.2 Å². The monoisotopic (exact) mass is 373 g/mol. The molecule has 0 aliphatic rings. The number of hydrogen-bond acceptors (Lipinski definition) is 2. The van der Waals surface area contributed by atoms with E-state index in [1.165, 1.54) is 11.3 Å². The fourth-order valence-electron chi connectivity index (χ4n) is 1.36. The Morgan fingerprint density at radius 1 is 1.35 bits per heavy atom. The van der Waals surface area contributed by atoms with E-state index in [1.54, 1.807) is 0 Å². The summed E-state index contributed by atoms with van der Waals surface area (Å²) in [5.74, 6) is -0.0846. The Hall–Kier alpha value is -0.650. The predicted molar refractivity (Wildman–Crippen MR) is 79.0 cm³/mol. The Morgan fingerprint density at radius 2 is 2.18 bits per heavy atom. The second-order valence-electron chi connectivity index (χ2n) is 3.43. The molecule has 88 valence electrons. The smallest absolute Gasteiger partial charge is 0.256 e.